The molecule has 11 heteroatoms. The summed E-state index contributed by atoms with van der Waals surface area (Å²) in [4.78, 5) is 22.2. The Morgan fingerprint density at radius 1 is 1.15 bits per heavy atom. The Bertz CT molecular complexity index is 1080. The van der Waals surface area contributed by atoms with Gasteiger partial charge >= 0.3 is 6.43 Å². The fourth-order valence-electron chi connectivity index (χ4n) is 3.67. The van der Waals surface area contributed by atoms with E-state index in [9.17, 15) is 13.6 Å². The van der Waals surface area contributed by atoms with E-state index in [0.29, 0.717) is 11.3 Å². The van der Waals surface area contributed by atoms with Crippen LogP contribution in [-0.2, 0) is 11.3 Å². The first-order valence-corrected chi connectivity index (χ1v) is 10.5. The number of halogens is 2. The van der Waals surface area contributed by atoms with Gasteiger partial charge in [0.1, 0.15) is 0 Å². The lowest BCUT2D eigenvalue weighted by atomic mass is 10.1. The van der Waals surface area contributed by atoms with Gasteiger partial charge in [0.2, 0.25) is 12.3 Å². The molecule has 0 saturated carbocycles. The molecule has 0 atom stereocenters. The average molecular weight is 457 g/mol. The lowest BCUT2D eigenvalue weighted by molar-refractivity contribution is -0.107. The minimum atomic E-state index is -2.83. The maximum Gasteiger partial charge on any atom is 0.314 e. The van der Waals surface area contributed by atoms with Gasteiger partial charge in [0.25, 0.3) is 5.89 Å². The zero-order valence-electron chi connectivity index (χ0n) is 18.4. The molecule has 9 nitrogen and oxygen atoms in total. The van der Waals surface area contributed by atoms with Crippen molar-refractivity contribution in [2.24, 2.45) is 0 Å². The summed E-state index contributed by atoms with van der Waals surface area (Å²) in [6.45, 7) is 3.98. The van der Waals surface area contributed by atoms with E-state index in [1.807, 2.05) is 31.1 Å². The van der Waals surface area contributed by atoms with Gasteiger partial charge in [-0.2, -0.15) is 8.78 Å². The van der Waals surface area contributed by atoms with Gasteiger partial charge in [-0.15, -0.1) is 10.2 Å². The number of nitrogens with zero attached hydrogens (tertiary/aromatic N) is 6. The minimum absolute atomic E-state index is 0.0324. The van der Waals surface area contributed by atoms with Crippen LogP contribution in [0.1, 0.15) is 18.0 Å². The van der Waals surface area contributed by atoms with E-state index >= 15 is 0 Å². The third-order valence-corrected chi connectivity index (χ3v) is 5.39. The number of alkyl halides is 2. The first-order valence-electron chi connectivity index (χ1n) is 10.5. The monoisotopic (exact) mass is 457 g/mol. The summed E-state index contributed by atoms with van der Waals surface area (Å²) in [5.41, 5.74) is 3.83. The number of benzene rings is 1. The lowest BCUT2D eigenvalue weighted by Gasteiger charge is -2.32. The number of carbonyl (C=O) groups excluding carboxylic acids is 1. The Labute approximate surface area is 190 Å². The summed E-state index contributed by atoms with van der Waals surface area (Å²) in [5, 5.41) is 10.3. The van der Waals surface area contributed by atoms with Gasteiger partial charge in [-0.25, -0.2) is 0 Å². The first kappa shape index (κ1) is 22.6. The number of hydrogen-bond acceptors (Lipinski definition) is 8. The Kier molecular flexibility index (Phi) is 6.78. The average Bonchev–Trinajstić information content (AvgIpc) is 3.34. The summed E-state index contributed by atoms with van der Waals surface area (Å²) in [5.74, 6) is -0.767. The number of rotatable bonds is 8. The maximum atomic E-state index is 12.7. The highest BCUT2D eigenvalue weighted by Gasteiger charge is 2.19. The molecule has 4 rings (SSSR count). The topological polar surface area (TPSA) is 90.6 Å². The molecule has 3 aromatic rings. The van der Waals surface area contributed by atoms with E-state index in [4.69, 9.17) is 4.42 Å². The zero-order valence-corrected chi connectivity index (χ0v) is 18.4. The molecule has 1 aliphatic rings. The maximum absolute atomic E-state index is 12.7. The molecule has 0 aliphatic carbocycles. The Balaban J connectivity index is 1.53. The van der Waals surface area contributed by atoms with Gasteiger partial charge in [-0.3, -0.25) is 9.78 Å². The summed E-state index contributed by atoms with van der Waals surface area (Å²) >= 11 is 0. The molecule has 1 N–H and O–H groups in total. The van der Waals surface area contributed by atoms with Crippen LogP contribution in [0.15, 0.2) is 40.9 Å². The molecule has 0 unspecified atom stereocenters. The zero-order chi connectivity index (χ0) is 23.4. The molecule has 3 heterocycles. The molecular weight excluding hydrogens is 432 g/mol. The van der Waals surface area contributed by atoms with Crippen molar-refractivity contribution < 1.29 is 18.0 Å². The molecule has 1 aliphatic heterocycles. The molecule has 1 amide bonds. The normalized spacial score (nSPS) is 13.9. The highest BCUT2D eigenvalue weighted by atomic mass is 19.3. The smallest absolute Gasteiger partial charge is 0.314 e. The lowest BCUT2D eigenvalue weighted by Crippen LogP contribution is -2.43. The van der Waals surface area contributed by atoms with Crippen molar-refractivity contribution in [2.45, 2.75) is 13.0 Å². The second-order valence-electron chi connectivity index (χ2n) is 7.82. The third kappa shape index (κ3) is 5.08. The van der Waals surface area contributed by atoms with Gasteiger partial charge in [0.15, 0.2) is 0 Å². The van der Waals surface area contributed by atoms with Crippen molar-refractivity contribution in [2.75, 3.05) is 55.0 Å². The number of hydrogen-bond donors (Lipinski definition) is 1. The number of piperazine rings is 1. The van der Waals surface area contributed by atoms with Gasteiger partial charge in [0, 0.05) is 52.2 Å². The first-order chi connectivity index (χ1) is 16.0. The van der Waals surface area contributed by atoms with Crippen molar-refractivity contribution in [3.63, 3.8) is 0 Å². The fraction of sp³-hybridized carbons (Fsp3) is 0.364. The van der Waals surface area contributed by atoms with Crippen molar-refractivity contribution in [3.8, 4) is 11.5 Å². The number of pyridine rings is 1. The minimum Gasteiger partial charge on any atom is -0.415 e. The third-order valence-electron chi connectivity index (χ3n) is 5.39. The van der Waals surface area contributed by atoms with Crippen LogP contribution in [0.2, 0.25) is 0 Å². The Hall–Kier alpha value is -3.60. The molecule has 0 spiro atoms. The van der Waals surface area contributed by atoms with Crippen LogP contribution >= 0.6 is 0 Å². The second kappa shape index (κ2) is 9.90. The fourth-order valence-corrected chi connectivity index (χ4v) is 3.67. The second-order valence-corrected chi connectivity index (χ2v) is 7.82. The molecule has 1 saturated heterocycles. The number of carbonyl (C=O) groups is 1. The molecule has 2 aromatic heterocycles. The summed E-state index contributed by atoms with van der Waals surface area (Å²) in [6, 6.07) is 9.40. The van der Waals surface area contributed by atoms with Crippen molar-refractivity contribution in [1.82, 2.24) is 20.5 Å². The largest absolute Gasteiger partial charge is 0.415 e. The van der Waals surface area contributed by atoms with Gasteiger partial charge < -0.3 is 24.4 Å². The number of nitrogens with one attached hydrogen (secondary N) is 1. The van der Waals surface area contributed by atoms with E-state index in [2.05, 4.69) is 31.5 Å². The number of anilines is 3. The molecule has 1 aromatic carbocycles. The Morgan fingerprint density at radius 3 is 2.55 bits per heavy atom. The van der Waals surface area contributed by atoms with Crippen LogP contribution in [-0.4, -0.2) is 61.9 Å². The van der Waals surface area contributed by atoms with Crippen LogP contribution in [0.4, 0.5) is 25.8 Å². The van der Waals surface area contributed by atoms with Crippen LogP contribution in [0.5, 0.6) is 0 Å². The van der Waals surface area contributed by atoms with Crippen LogP contribution in [0.25, 0.3) is 11.5 Å². The Morgan fingerprint density at radius 2 is 1.94 bits per heavy atom. The van der Waals surface area contributed by atoms with Crippen LogP contribution in [0.3, 0.4) is 0 Å². The quantitative estimate of drug-likeness (QED) is 0.517. The van der Waals surface area contributed by atoms with Crippen LogP contribution in [0, 0.1) is 0 Å². The number of aromatic nitrogens is 3. The van der Waals surface area contributed by atoms with Crippen molar-refractivity contribution in [3.05, 3.63) is 48.1 Å². The molecule has 33 heavy (non-hydrogen) atoms. The van der Waals surface area contributed by atoms with E-state index < -0.39 is 12.3 Å². The molecule has 0 radical (unpaired) electrons. The molecule has 174 valence electrons. The summed E-state index contributed by atoms with van der Waals surface area (Å²) in [6.07, 6.45) is -0.597. The molecule has 1 fully saturated rings. The van der Waals surface area contributed by atoms with Crippen LogP contribution < -0.4 is 20.0 Å². The SMILES string of the molecule is CN(C)c1cc(N2CCNCC2)ccc1N(C=O)Cc1ccc(-c2nnc(C(F)F)o2)cn1. The highest BCUT2D eigenvalue weighted by Crippen LogP contribution is 2.33. The van der Waals surface area contributed by atoms with Gasteiger partial charge in [0.05, 0.1) is 29.2 Å². The van der Waals surface area contributed by atoms with Crippen molar-refractivity contribution >= 4 is 23.5 Å². The predicted molar refractivity (Wildman–Crippen MR) is 121 cm³/mol. The predicted octanol–water partition coefficient (Wildman–Crippen LogP) is 2.71. The van der Waals surface area contributed by atoms with E-state index in [1.165, 1.54) is 6.20 Å². The van der Waals surface area contributed by atoms with E-state index in [1.54, 1.807) is 17.0 Å². The standard InChI is InChI=1S/C22H25F2N7O2/c1-29(2)19-11-17(30-9-7-25-8-10-30)5-6-18(19)31(14-32)13-16-4-3-15(12-26-16)21-27-28-22(33-21)20(23)24/h3-6,11-12,14,20,25H,7-10,13H2,1-2H3. The highest BCUT2D eigenvalue weighted by molar-refractivity contribution is 5.85. The van der Waals surface area contributed by atoms with Gasteiger partial charge in [-0.05, 0) is 30.3 Å². The molecular formula is C22H25F2N7O2. The van der Waals surface area contributed by atoms with E-state index in [-0.39, 0.29) is 12.4 Å². The van der Waals surface area contributed by atoms with Gasteiger partial charge in [-0.1, -0.05) is 0 Å². The number of amides is 1. The summed E-state index contributed by atoms with van der Waals surface area (Å²) < 4.78 is 30.3. The van der Waals surface area contributed by atoms with E-state index in [0.717, 1.165) is 49.7 Å². The molecule has 0 bridgehead atoms. The van der Waals surface area contributed by atoms with Crippen molar-refractivity contribution in [1.29, 1.82) is 0 Å². The summed E-state index contributed by atoms with van der Waals surface area (Å²) in [7, 11) is 3.88.